The highest BCUT2D eigenvalue weighted by atomic mass is 19.1. The molecule has 4 rings (SSSR count). The van der Waals surface area contributed by atoms with Crippen LogP contribution in [0.4, 0.5) is 14.5 Å². The molecule has 0 unspecified atom stereocenters. The summed E-state index contributed by atoms with van der Waals surface area (Å²) >= 11 is 0. The minimum absolute atomic E-state index is 0.0660. The predicted octanol–water partition coefficient (Wildman–Crippen LogP) is 6.05. The van der Waals surface area contributed by atoms with Crippen molar-refractivity contribution >= 4 is 22.5 Å². The van der Waals surface area contributed by atoms with Crippen molar-refractivity contribution < 1.29 is 32.5 Å². The number of ether oxygens (including phenoxy) is 4. The second-order valence-electron chi connectivity index (χ2n) is 8.82. The average molecular weight is 552 g/mol. The number of nitrogens with zero attached hydrogens (tertiary/aromatic N) is 1. The van der Waals surface area contributed by atoms with E-state index in [1.54, 1.807) is 24.3 Å². The molecule has 1 aromatic heterocycles. The van der Waals surface area contributed by atoms with Gasteiger partial charge in [0, 0.05) is 42.0 Å². The van der Waals surface area contributed by atoms with Crippen LogP contribution >= 0.6 is 0 Å². The normalized spacial score (nSPS) is 16.8. The lowest BCUT2D eigenvalue weighted by Gasteiger charge is -2.15. The monoisotopic (exact) mass is 551 g/mol. The topological polar surface area (TPSA) is 90.9 Å². The molecule has 3 aromatic rings. The zero-order chi connectivity index (χ0) is 28.5. The number of carbonyl (C=O) groups is 1. The Morgan fingerprint density at radius 3 is 2.55 bits per heavy atom. The third kappa shape index (κ3) is 6.76. The summed E-state index contributed by atoms with van der Waals surface area (Å²) in [5, 5.41) is 6.02. The molecule has 0 spiro atoms. The van der Waals surface area contributed by atoms with E-state index in [0.717, 1.165) is 25.0 Å². The Labute approximate surface area is 231 Å². The highest BCUT2D eigenvalue weighted by Gasteiger charge is 2.20. The van der Waals surface area contributed by atoms with Gasteiger partial charge in [0.1, 0.15) is 18.1 Å². The summed E-state index contributed by atoms with van der Waals surface area (Å²) in [5.41, 5.74) is 0.702. The molecule has 10 heteroatoms. The molecule has 0 aliphatic heterocycles. The molecule has 2 N–H and O–H groups in total. The van der Waals surface area contributed by atoms with Gasteiger partial charge in [0.25, 0.3) is 5.91 Å². The Morgan fingerprint density at radius 1 is 1.02 bits per heavy atom. The molecule has 0 saturated carbocycles. The first-order valence-corrected chi connectivity index (χ1v) is 12.8. The van der Waals surface area contributed by atoms with Crippen LogP contribution < -0.4 is 24.8 Å². The van der Waals surface area contributed by atoms with E-state index in [4.69, 9.17) is 18.9 Å². The lowest BCUT2D eigenvalue weighted by atomic mass is 10.1. The molecule has 1 amide bonds. The number of rotatable bonds is 10. The van der Waals surface area contributed by atoms with Crippen molar-refractivity contribution in [2.24, 2.45) is 0 Å². The highest BCUT2D eigenvalue weighted by molar-refractivity contribution is 6.06. The van der Waals surface area contributed by atoms with E-state index < -0.39 is 23.3 Å². The van der Waals surface area contributed by atoms with Gasteiger partial charge in [-0.25, -0.2) is 8.78 Å². The van der Waals surface area contributed by atoms with E-state index in [-0.39, 0.29) is 17.0 Å². The van der Waals surface area contributed by atoms with Crippen molar-refractivity contribution in [2.45, 2.75) is 19.3 Å². The van der Waals surface area contributed by atoms with E-state index in [1.165, 1.54) is 26.5 Å². The van der Waals surface area contributed by atoms with Crippen LogP contribution in [-0.4, -0.2) is 45.3 Å². The van der Waals surface area contributed by atoms with Crippen molar-refractivity contribution in [2.75, 3.05) is 39.7 Å². The third-order valence-electron chi connectivity index (χ3n) is 6.10. The predicted molar refractivity (Wildman–Crippen MR) is 149 cm³/mol. The summed E-state index contributed by atoms with van der Waals surface area (Å²) in [6, 6.07) is 6.80. The fourth-order valence-corrected chi connectivity index (χ4v) is 4.10. The van der Waals surface area contributed by atoms with Crippen LogP contribution in [0, 0.1) is 11.6 Å². The maximum atomic E-state index is 15.1. The molecule has 0 atom stereocenters. The van der Waals surface area contributed by atoms with Crippen molar-refractivity contribution in [1.29, 1.82) is 0 Å². The van der Waals surface area contributed by atoms with E-state index in [9.17, 15) is 4.79 Å². The van der Waals surface area contributed by atoms with Gasteiger partial charge in [-0.2, -0.15) is 0 Å². The van der Waals surface area contributed by atoms with Crippen molar-refractivity contribution in [1.82, 2.24) is 10.3 Å². The second-order valence-corrected chi connectivity index (χ2v) is 8.82. The minimum Gasteiger partial charge on any atom is -0.496 e. The number of fused-ring (bicyclic) bond motifs is 1. The molecular formula is C30H31F2N3O5. The summed E-state index contributed by atoms with van der Waals surface area (Å²) < 4.78 is 52.5. The Hall–Kier alpha value is -4.44. The fraction of sp³-hybridized carbons (Fsp3) is 0.267. The van der Waals surface area contributed by atoms with Crippen molar-refractivity contribution in [3.05, 3.63) is 83.8 Å². The number of methoxy groups -OCH3 is 2. The quantitative estimate of drug-likeness (QED) is 0.297. The minimum atomic E-state index is -0.992. The first-order chi connectivity index (χ1) is 19.4. The lowest BCUT2D eigenvalue weighted by molar-refractivity contribution is -0.112. The van der Waals surface area contributed by atoms with Crippen LogP contribution in [0.1, 0.15) is 19.3 Å². The van der Waals surface area contributed by atoms with E-state index in [2.05, 4.69) is 15.6 Å². The third-order valence-corrected chi connectivity index (χ3v) is 6.10. The molecule has 0 bridgehead atoms. The number of hydrogen-bond donors (Lipinski definition) is 2. The first-order valence-electron chi connectivity index (χ1n) is 12.8. The van der Waals surface area contributed by atoms with Crippen LogP contribution in [0.15, 0.2) is 72.2 Å². The number of aromatic nitrogens is 1. The summed E-state index contributed by atoms with van der Waals surface area (Å²) in [4.78, 5) is 17.3. The molecular weight excluding hydrogens is 520 g/mol. The molecule has 0 radical (unpaired) electrons. The number of benzene rings is 2. The Morgan fingerprint density at radius 2 is 1.82 bits per heavy atom. The summed E-state index contributed by atoms with van der Waals surface area (Å²) in [5.74, 6) is -1.74. The fourth-order valence-electron chi connectivity index (χ4n) is 4.10. The smallest absolute Gasteiger partial charge is 0.259 e. The summed E-state index contributed by atoms with van der Waals surface area (Å²) in [7, 11) is 4.76. The molecule has 1 aliphatic carbocycles. The van der Waals surface area contributed by atoms with Gasteiger partial charge in [0.15, 0.2) is 28.9 Å². The molecule has 210 valence electrons. The molecule has 40 heavy (non-hydrogen) atoms. The number of pyridine rings is 1. The number of halogens is 2. The highest BCUT2D eigenvalue weighted by Crippen LogP contribution is 2.38. The van der Waals surface area contributed by atoms with Gasteiger partial charge in [0.2, 0.25) is 0 Å². The average Bonchev–Trinajstić information content (AvgIpc) is 3.06. The number of carbonyl (C=O) groups excluding carboxylic acids is 1. The lowest BCUT2D eigenvalue weighted by Crippen LogP contribution is -2.17. The number of anilines is 1. The number of allylic oxidation sites excluding steroid dienone is 4. The second kappa shape index (κ2) is 13.6. The van der Waals surface area contributed by atoms with E-state index >= 15 is 8.78 Å². The van der Waals surface area contributed by atoms with E-state index in [1.807, 2.05) is 19.2 Å². The van der Waals surface area contributed by atoms with Gasteiger partial charge in [-0.3, -0.25) is 9.78 Å². The number of nitrogens with one attached hydrogen (secondary N) is 2. The summed E-state index contributed by atoms with van der Waals surface area (Å²) in [6.07, 6.45) is 11.1. The standard InChI is InChI=1S/C30H31F2N3O5/c1-33-13-14-39-28-18-24-21(17-27(28)38-3)26(11-12-34-24)40-29-22(31)15-19(16-23(29)32)35-30(36)20-9-7-5-4-6-8-10-25(20)37-2/h6,8-12,15-18,33H,4-5,7,13-14H2,1-3H3,(H,35,36)/b8-6+,20-9+,25-10+. The van der Waals surface area contributed by atoms with Crippen LogP contribution in [0.25, 0.3) is 10.9 Å². The number of amides is 1. The molecule has 0 fully saturated rings. The first kappa shape index (κ1) is 28.6. The largest absolute Gasteiger partial charge is 0.496 e. The number of likely N-dealkylation sites (N-methyl/N-ethyl adjacent to an activating group) is 1. The Balaban J connectivity index is 1.59. The number of hydrogen-bond acceptors (Lipinski definition) is 7. The zero-order valence-corrected chi connectivity index (χ0v) is 22.6. The van der Waals surface area contributed by atoms with Gasteiger partial charge in [0.05, 0.1) is 25.3 Å². The molecule has 2 aromatic carbocycles. The van der Waals surface area contributed by atoms with Gasteiger partial charge in [-0.1, -0.05) is 18.2 Å². The van der Waals surface area contributed by atoms with Crippen LogP contribution in [-0.2, 0) is 9.53 Å². The molecule has 1 heterocycles. The van der Waals surface area contributed by atoms with Crippen LogP contribution in [0.2, 0.25) is 0 Å². The Bertz CT molecular complexity index is 1450. The van der Waals surface area contributed by atoms with Crippen molar-refractivity contribution in [3.8, 4) is 23.0 Å². The maximum Gasteiger partial charge on any atom is 0.259 e. The molecule has 0 saturated heterocycles. The van der Waals surface area contributed by atoms with E-state index in [0.29, 0.717) is 47.7 Å². The zero-order valence-electron chi connectivity index (χ0n) is 22.6. The van der Waals surface area contributed by atoms with Gasteiger partial charge in [-0.05, 0) is 44.5 Å². The molecule has 1 aliphatic rings. The van der Waals surface area contributed by atoms with Gasteiger partial charge in [-0.15, -0.1) is 0 Å². The Kier molecular flexibility index (Phi) is 9.69. The SMILES string of the molecule is CNCCOc1cc2nccc(Oc3c(F)cc(NC(=O)C4=C/CCC/C=C/C=C\4OC)cc3F)c2cc1OC. The van der Waals surface area contributed by atoms with Crippen LogP contribution in [0.3, 0.4) is 0 Å². The van der Waals surface area contributed by atoms with Crippen LogP contribution in [0.5, 0.6) is 23.0 Å². The van der Waals surface area contributed by atoms with Crippen molar-refractivity contribution in [3.63, 3.8) is 0 Å². The van der Waals surface area contributed by atoms with Gasteiger partial charge >= 0.3 is 0 Å². The molecule has 8 nitrogen and oxygen atoms in total. The maximum absolute atomic E-state index is 15.1. The van der Waals surface area contributed by atoms with Gasteiger partial charge < -0.3 is 29.6 Å². The summed E-state index contributed by atoms with van der Waals surface area (Å²) in [6.45, 7) is 1.04.